The number of anilines is 1. The summed E-state index contributed by atoms with van der Waals surface area (Å²) in [7, 11) is 0. The van der Waals surface area contributed by atoms with E-state index in [2.05, 4.69) is 26.6 Å². The Balaban J connectivity index is 1.89. The van der Waals surface area contributed by atoms with Gasteiger partial charge in [0.25, 0.3) is 11.8 Å². The lowest BCUT2D eigenvalue weighted by atomic mass is 10.1. The van der Waals surface area contributed by atoms with Crippen molar-refractivity contribution in [1.82, 2.24) is 5.32 Å². The standard InChI is InChI=1S/C22H16BrClN2O2/c23-16-12-10-15(11-13-16)14-20(22(28)25-17-6-2-1-3-7-17)26-21(27)18-8-4-5-9-19(18)24/h1-14H,(H,25,28)(H,26,27). The normalized spacial score (nSPS) is 11.0. The first-order valence-electron chi connectivity index (χ1n) is 8.42. The topological polar surface area (TPSA) is 58.2 Å². The Labute approximate surface area is 176 Å². The van der Waals surface area contributed by atoms with Crippen molar-refractivity contribution in [3.05, 3.63) is 105 Å². The van der Waals surface area contributed by atoms with E-state index < -0.39 is 11.8 Å². The molecule has 2 N–H and O–H groups in total. The molecule has 0 aromatic heterocycles. The number of amides is 2. The summed E-state index contributed by atoms with van der Waals surface area (Å²) in [5.41, 5.74) is 1.79. The molecule has 0 fully saturated rings. The number of carbonyl (C=O) groups excluding carboxylic acids is 2. The molecule has 0 saturated heterocycles. The van der Waals surface area contributed by atoms with E-state index in [0.29, 0.717) is 16.3 Å². The third-order valence-electron chi connectivity index (χ3n) is 3.82. The highest BCUT2D eigenvalue weighted by Gasteiger charge is 2.16. The molecule has 0 aliphatic rings. The summed E-state index contributed by atoms with van der Waals surface area (Å²) >= 11 is 9.48. The first-order chi connectivity index (χ1) is 13.5. The zero-order valence-corrected chi connectivity index (χ0v) is 17.0. The number of rotatable bonds is 5. The van der Waals surface area contributed by atoms with E-state index in [1.165, 1.54) is 0 Å². The van der Waals surface area contributed by atoms with E-state index in [-0.39, 0.29) is 5.70 Å². The van der Waals surface area contributed by atoms with Crippen molar-refractivity contribution in [2.24, 2.45) is 0 Å². The summed E-state index contributed by atoms with van der Waals surface area (Å²) in [5, 5.41) is 5.76. The van der Waals surface area contributed by atoms with Crippen LogP contribution in [0.15, 0.2) is 89.0 Å². The van der Waals surface area contributed by atoms with Crippen molar-refractivity contribution >= 4 is 51.1 Å². The van der Waals surface area contributed by atoms with Gasteiger partial charge in [-0.1, -0.05) is 70.0 Å². The molecule has 0 aliphatic heterocycles. The van der Waals surface area contributed by atoms with E-state index in [1.807, 2.05) is 42.5 Å². The second-order valence-corrected chi connectivity index (χ2v) is 7.19. The highest BCUT2D eigenvalue weighted by Crippen LogP contribution is 2.17. The van der Waals surface area contributed by atoms with E-state index in [9.17, 15) is 9.59 Å². The van der Waals surface area contributed by atoms with Crippen molar-refractivity contribution in [2.75, 3.05) is 5.32 Å². The molecule has 4 nitrogen and oxygen atoms in total. The number of halogens is 2. The molecule has 0 radical (unpaired) electrons. The Morgan fingerprint density at radius 1 is 0.857 bits per heavy atom. The van der Waals surface area contributed by atoms with E-state index in [1.54, 1.807) is 42.5 Å². The van der Waals surface area contributed by atoms with E-state index in [4.69, 9.17) is 11.6 Å². The lowest BCUT2D eigenvalue weighted by molar-refractivity contribution is -0.113. The Morgan fingerprint density at radius 3 is 2.18 bits per heavy atom. The molecule has 6 heteroatoms. The summed E-state index contributed by atoms with van der Waals surface area (Å²) in [5.74, 6) is -0.897. The maximum absolute atomic E-state index is 12.8. The van der Waals surface area contributed by atoms with E-state index in [0.717, 1.165) is 10.0 Å². The molecule has 0 aliphatic carbocycles. The molecule has 0 atom stereocenters. The average molecular weight is 456 g/mol. The smallest absolute Gasteiger partial charge is 0.272 e. The van der Waals surface area contributed by atoms with Crippen LogP contribution in [0.1, 0.15) is 15.9 Å². The van der Waals surface area contributed by atoms with Crippen LogP contribution in [0.5, 0.6) is 0 Å². The fraction of sp³-hybridized carbons (Fsp3) is 0. The maximum Gasteiger partial charge on any atom is 0.272 e. The number of carbonyl (C=O) groups is 2. The number of nitrogens with one attached hydrogen (secondary N) is 2. The number of para-hydroxylation sites is 1. The molecule has 3 aromatic carbocycles. The predicted octanol–water partition coefficient (Wildman–Crippen LogP) is 5.51. The summed E-state index contributed by atoms with van der Waals surface area (Å²) in [6, 6.07) is 23.1. The van der Waals surface area contributed by atoms with Crippen molar-refractivity contribution in [2.45, 2.75) is 0 Å². The van der Waals surface area contributed by atoms with Crippen LogP contribution in [0.2, 0.25) is 5.02 Å². The molecule has 28 heavy (non-hydrogen) atoms. The summed E-state index contributed by atoms with van der Waals surface area (Å²) < 4.78 is 0.917. The Bertz CT molecular complexity index is 1020. The Kier molecular flexibility index (Phi) is 6.63. The fourth-order valence-electron chi connectivity index (χ4n) is 2.44. The minimum atomic E-state index is -0.461. The van der Waals surface area contributed by atoms with Crippen LogP contribution in [0.25, 0.3) is 6.08 Å². The van der Waals surface area contributed by atoms with Crippen LogP contribution >= 0.6 is 27.5 Å². The number of hydrogen-bond acceptors (Lipinski definition) is 2. The van der Waals surface area contributed by atoms with Gasteiger partial charge >= 0.3 is 0 Å². The van der Waals surface area contributed by atoms with Gasteiger partial charge in [0.15, 0.2) is 0 Å². The van der Waals surface area contributed by atoms with Gasteiger partial charge in [0.2, 0.25) is 0 Å². The summed E-state index contributed by atoms with van der Waals surface area (Å²) in [6.45, 7) is 0. The molecule has 0 spiro atoms. The Morgan fingerprint density at radius 2 is 1.50 bits per heavy atom. The molecule has 3 aromatic rings. The van der Waals surface area contributed by atoms with Crippen LogP contribution in [-0.2, 0) is 4.79 Å². The first kappa shape index (κ1) is 19.9. The van der Waals surface area contributed by atoms with Gasteiger partial charge in [-0.2, -0.15) is 0 Å². The lowest BCUT2D eigenvalue weighted by Crippen LogP contribution is -2.30. The Hall–Kier alpha value is -2.89. The van der Waals surface area contributed by atoms with Crippen molar-refractivity contribution in [3.63, 3.8) is 0 Å². The van der Waals surface area contributed by atoms with Crippen molar-refractivity contribution in [1.29, 1.82) is 0 Å². The highest BCUT2D eigenvalue weighted by atomic mass is 79.9. The zero-order valence-electron chi connectivity index (χ0n) is 14.7. The average Bonchev–Trinajstić information content (AvgIpc) is 2.70. The van der Waals surface area contributed by atoms with E-state index >= 15 is 0 Å². The molecular weight excluding hydrogens is 440 g/mol. The first-order valence-corrected chi connectivity index (χ1v) is 9.59. The van der Waals surface area contributed by atoms with Crippen LogP contribution in [0.4, 0.5) is 5.69 Å². The van der Waals surface area contributed by atoms with Gasteiger partial charge in [-0.25, -0.2) is 0 Å². The van der Waals surface area contributed by atoms with Gasteiger partial charge in [0, 0.05) is 10.2 Å². The maximum atomic E-state index is 12.8. The van der Waals surface area contributed by atoms with Crippen LogP contribution in [-0.4, -0.2) is 11.8 Å². The fourth-order valence-corrected chi connectivity index (χ4v) is 2.92. The third-order valence-corrected chi connectivity index (χ3v) is 4.68. The highest BCUT2D eigenvalue weighted by molar-refractivity contribution is 9.10. The predicted molar refractivity (Wildman–Crippen MR) is 116 cm³/mol. The van der Waals surface area contributed by atoms with Crippen LogP contribution < -0.4 is 10.6 Å². The third kappa shape index (κ3) is 5.31. The molecule has 0 saturated carbocycles. The summed E-state index contributed by atoms with van der Waals surface area (Å²) in [4.78, 5) is 25.5. The van der Waals surface area contributed by atoms with Crippen LogP contribution in [0, 0.1) is 0 Å². The summed E-state index contributed by atoms with van der Waals surface area (Å²) in [6.07, 6.45) is 1.61. The molecule has 0 unspecified atom stereocenters. The zero-order chi connectivity index (χ0) is 19.9. The molecule has 0 bridgehead atoms. The van der Waals surface area contributed by atoms with Crippen molar-refractivity contribution in [3.8, 4) is 0 Å². The SMILES string of the molecule is O=C(Nc1ccccc1)C(=Cc1ccc(Br)cc1)NC(=O)c1ccccc1Cl. The van der Waals surface area contributed by atoms with Crippen LogP contribution in [0.3, 0.4) is 0 Å². The van der Waals surface area contributed by atoms with Gasteiger partial charge in [-0.15, -0.1) is 0 Å². The minimum absolute atomic E-state index is 0.107. The van der Waals surface area contributed by atoms with Gasteiger partial charge in [-0.05, 0) is 48.0 Å². The minimum Gasteiger partial charge on any atom is -0.321 e. The van der Waals surface area contributed by atoms with Gasteiger partial charge in [-0.3, -0.25) is 9.59 Å². The molecule has 3 rings (SSSR count). The largest absolute Gasteiger partial charge is 0.321 e. The number of hydrogen-bond donors (Lipinski definition) is 2. The molecule has 140 valence electrons. The molecule has 2 amide bonds. The van der Waals surface area contributed by atoms with Gasteiger partial charge < -0.3 is 10.6 Å². The van der Waals surface area contributed by atoms with Gasteiger partial charge in [0.05, 0.1) is 10.6 Å². The van der Waals surface area contributed by atoms with Gasteiger partial charge in [0.1, 0.15) is 5.70 Å². The second-order valence-electron chi connectivity index (χ2n) is 5.86. The quantitative estimate of drug-likeness (QED) is 0.498. The lowest BCUT2D eigenvalue weighted by Gasteiger charge is -2.12. The second kappa shape index (κ2) is 9.35. The molecule has 0 heterocycles. The monoisotopic (exact) mass is 454 g/mol. The number of benzene rings is 3. The molecular formula is C22H16BrClN2O2. The van der Waals surface area contributed by atoms with Crippen molar-refractivity contribution < 1.29 is 9.59 Å².